The topological polar surface area (TPSA) is 49.4 Å². The molecule has 0 saturated heterocycles. The number of aryl methyl sites for hydroxylation is 3. The molecule has 1 N–H and O–H groups in total. The summed E-state index contributed by atoms with van der Waals surface area (Å²) in [6, 6.07) is 24.0. The molecule has 0 aliphatic carbocycles. The highest BCUT2D eigenvalue weighted by Gasteiger charge is 2.32. The second-order valence-corrected chi connectivity index (χ2v) is 11.9. The zero-order valence-corrected chi connectivity index (χ0v) is 23.8. The summed E-state index contributed by atoms with van der Waals surface area (Å²) in [7, 11) is 0. The van der Waals surface area contributed by atoms with Crippen molar-refractivity contribution >= 4 is 23.6 Å². The third kappa shape index (κ3) is 9.40. The number of benzene rings is 3. The van der Waals surface area contributed by atoms with Gasteiger partial charge in [0.05, 0.1) is 5.75 Å². The van der Waals surface area contributed by atoms with E-state index in [9.17, 15) is 9.59 Å². The molecule has 2 amide bonds. The van der Waals surface area contributed by atoms with Crippen LogP contribution in [0, 0.1) is 20.8 Å². The molecule has 0 radical (unpaired) electrons. The van der Waals surface area contributed by atoms with E-state index in [1.165, 1.54) is 16.7 Å². The van der Waals surface area contributed by atoms with Crippen LogP contribution in [0.4, 0.5) is 0 Å². The quantitative estimate of drug-likeness (QED) is 0.339. The van der Waals surface area contributed by atoms with E-state index in [0.717, 1.165) is 22.4 Å². The zero-order chi connectivity index (χ0) is 27.0. The molecule has 0 bridgehead atoms. The number of nitrogens with zero attached hydrogens (tertiary/aromatic N) is 1. The Hall–Kier alpha value is -3.05. The van der Waals surface area contributed by atoms with E-state index in [4.69, 9.17) is 0 Å². The van der Waals surface area contributed by atoms with E-state index >= 15 is 0 Å². The van der Waals surface area contributed by atoms with Gasteiger partial charge in [-0.15, -0.1) is 11.8 Å². The van der Waals surface area contributed by atoms with Crippen LogP contribution in [0.5, 0.6) is 0 Å². The average Bonchev–Trinajstić information content (AvgIpc) is 2.81. The third-order valence-electron chi connectivity index (χ3n) is 6.02. The largest absolute Gasteiger partial charge is 0.350 e. The van der Waals surface area contributed by atoms with Gasteiger partial charge in [-0.25, -0.2) is 0 Å². The molecule has 3 aromatic rings. The second-order valence-electron chi connectivity index (χ2n) is 10.9. The number of carbonyl (C=O) groups excluding carboxylic acids is 2. The molecule has 1 atom stereocenters. The normalized spacial score (nSPS) is 12.2. The number of carbonyl (C=O) groups is 2. The standard InChI is InChI=1S/C32H40N2O2S/c1-23-12-14-27(15-13-23)20-34(30(35)22-37-21-28-17-24(2)16-25(3)18-28)29(31(36)33-32(4,5)6)19-26-10-8-7-9-11-26/h7-18,29H,19-22H2,1-6H3,(H,33,36)/t29-/m1/s1. The molecule has 3 rings (SSSR count). The van der Waals surface area contributed by atoms with E-state index in [1.807, 2.05) is 82.3 Å². The summed E-state index contributed by atoms with van der Waals surface area (Å²) in [4.78, 5) is 29.1. The Morgan fingerprint density at radius 1 is 0.811 bits per heavy atom. The highest BCUT2D eigenvalue weighted by molar-refractivity contribution is 7.99. The van der Waals surface area contributed by atoms with Crippen molar-refractivity contribution in [1.29, 1.82) is 0 Å². The smallest absolute Gasteiger partial charge is 0.243 e. The Kier molecular flexibility index (Phi) is 9.99. The lowest BCUT2D eigenvalue weighted by atomic mass is 10.0. The first-order valence-electron chi connectivity index (χ1n) is 12.9. The molecule has 37 heavy (non-hydrogen) atoms. The molecule has 0 saturated carbocycles. The molecule has 196 valence electrons. The van der Waals surface area contributed by atoms with Gasteiger partial charge in [0.15, 0.2) is 0 Å². The van der Waals surface area contributed by atoms with Crippen molar-refractivity contribution in [2.75, 3.05) is 5.75 Å². The number of hydrogen-bond donors (Lipinski definition) is 1. The summed E-state index contributed by atoms with van der Waals surface area (Å²) >= 11 is 1.60. The van der Waals surface area contributed by atoms with Crippen LogP contribution in [0.25, 0.3) is 0 Å². The van der Waals surface area contributed by atoms with Crippen LogP contribution in [0.3, 0.4) is 0 Å². The highest BCUT2D eigenvalue weighted by atomic mass is 32.2. The second kappa shape index (κ2) is 13.0. The Morgan fingerprint density at radius 3 is 2.03 bits per heavy atom. The van der Waals surface area contributed by atoms with Crippen molar-refractivity contribution in [1.82, 2.24) is 10.2 Å². The fourth-order valence-electron chi connectivity index (χ4n) is 4.39. The van der Waals surface area contributed by atoms with Crippen LogP contribution in [-0.2, 0) is 28.3 Å². The Bertz CT molecular complexity index is 1160. The van der Waals surface area contributed by atoms with E-state index in [-0.39, 0.29) is 11.8 Å². The van der Waals surface area contributed by atoms with Gasteiger partial charge in [-0.05, 0) is 58.2 Å². The minimum atomic E-state index is -0.614. The number of thioether (sulfide) groups is 1. The third-order valence-corrected chi connectivity index (χ3v) is 7.01. The molecule has 0 spiro atoms. The number of rotatable bonds is 10. The van der Waals surface area contributed by atoms with Gasteiger partial charge < -0.3 is 10.2 Å². The van der Waals surface area contributed by atoms with Crippen molar-refractivity contribution in [3.63, 3.8) is 0 Å². The maximum Gasteiger partial charge on any atom is 0.243 e. The lowest BCUT2D eigenvalue weighted by Crippen LogP contribution is -2.54. The van der Waals surface area contributed by atoms with Gasteiger partial charge in [-0.3, -0.25) is 9.59 Å². The predicted octanol–water partition coefficient (Wildman–Crippen LogP) is 6.40. The van der Waals surface area contributed by atoms with E-state index in [2.05, 4.69) is 37.4 Å². The van der Waals surface area contributed by atoms with Gasteiger partial charge in [-0.2, -0.15) is 0 Å². The summed E-state index contributed by atoms with van der Waals surface area (Å²) in [6.45, 7) is 12.5. The maximum absolute atomic E-state index is 13.8. The molecule has 5 heteroatoms. The molecule has 0 aliphatic rings. The highest BCUT2D eigenvalue weighted by Crippen LogP contribution is 2.20. The van der Waals surface area contributed by atoms with Crippen molar-refractivity contribution in [3.05, 3.63) is 106 Å². The van der Waals surface area contributed by atoms with Crippen LogP contribution in [0.1, 0.15) is 54.2 Å². The van der Waals surface area contributed by atoms with Gasteiger partial charge in [0.2, 0.25) is 11.8 Å². The Labute approximate surface area is 226 Å². The summed E-state index contributed by atoms with van der Waals surface area (Å²) in [5.74, 6) is 0.910. The first kappa shape index (κ1) is 28.5. The van der Waals surface area contributed by atoms with Gasteiger partial charge in [0.25, 0.3) is 0 Å². The molecular formula is C32H40N2O2S. The van der Waals surface area contributed by atoms with Gasteiger partial charge in [0.1, 0.15) is 6.04 Å². The number of nitrogens with one attached hydrogen (secondary N) is 1. The maximum atomic E-state index is 13.8. The summed E-state index contributed by atoms with van der Waals surface area (Å²) in [6.07, 6.45) is 0.460. The fraction of sp³-hybridized carbons (Fsp3) is 0.375. The molecule has 0 heterocycles. The lowest BCUT2D eigenvalue weighted by molar-refractivity contribution is -0.140. The van der Waals surface area contributed by atoms with Crippen molar-refractivity contribution in [3.8, 4) is 0 Å². The van der Waals surface area contributed by atoms with Gasteiger partial charge in [-0.1, -0.05) is 89.5 Å². The molecule has 3 aromatic carbocycles. The zero-order valence-electron chi connectivity index (χ0n) is 23.0. The van der Waals surface area contributed by atoms with Crippen LogP contribution in [0.2, 0.25) is 0 Å². The SMILES string of the molecule is Cc1ccc(CN(C(=O)CSCc2cc(C)cc(C)c2)[C@H](Cc2ccccc2)C(=O)NC(C)(C)C)cc1. The lowest BCUT2D eigenvalue weighted by Gasteiger charge is -2.34. The van der Waals surface area contributed by atoms with Gasteiger partial charge >= 0.3 is 0 Å². The molecule has 4 nitrogen and oxygen atoms in total. The van der Waals surface area contributed by atoms with Crippen LogP contribution >= 0.6 is 11.8 Å². The summed E-state index contributed by atoms with van der Waals surface area (Å²) < 4.78 is 0. The van der Waals surface area contributed by atoms with E-state index in [1.54, 1.807) is 16.7 Å². The Morgan fingerprint density at radius 2 is 1.43 bits per heavy atom. The number of amides is 2. The van der Waals surface area contributed by atoms with E-state index < -0.39 is 11.6 Å². The predicted molar refractivity (Wildman–Crippen MR) is 156 cm³/mol. The van der Waals surface area contributed by atoms with Crippen LogP contribution in [-0.4, -0.2) is 34.0 Å². The minimum Gasteiger partial charge on any atom is -0.350 e. The molecule has 0 aromatic heterocycles. The monoisotopic (exact) mass is 516 g/mol. The first-order chi connectivity index (χ1) is 17.5. The average molecular weight is 517 g/mol. The molecule has 0 aliphatic heterocycles. The van der Waals surface area contributed by atoms with Crippen molar-refractivity contribution in [2.24, 2.45) is 0 Å². The van der Waals surface area contributed by atoms with Crippen LogP contribution in [0.15, 0.2) is 72.8 Å². The molecule has 0 fully saturated rings. The van der Waals surface area contributed by atoms with Gasteiger partial charge in [0, 0.05) is 24.3 Å². The minimum absolute atomic E-state index is 0.0278. The van der Waals surface area contributed by atoms with Crippen molar-refractivity contribution in [2.45, 2.75) is 71.8 Å². The Balaban J connectivity index is 1.87. The summed E-state index contributed by atoms with van der Waals surface area (Å²) in [5.41, 5.74) is 6.47. The molecular weight excluding hydrogens is 476 g/mol. The summed E-state index contributed by atoms with van der Waals surface area (Å²) in [5, 5.41) is 3.12. The number of hydrogen-bond acceptors (Lipinski definition) is 3. The fourth-order valence-corrected chi connectivity index (χ4v) is 5.23. The van der Waals surface area contributed by atoms with Crippen LogP contribution < -0.4 is 5.32 Å². The molecule has 0 unspecified atom stereocenters. The van der Waals surface area contributed by atoms with E-state index in [0.29, 0.717) is 18.7 Å². The van der Waals surface area contributed by atoms with Crippen molar-refractivity contribution < 1.29 is 9.59 Å². The first-order valence-corrected chi connectivity index (χ1v) is 14.0.